The van der Waals surface area contributed by atoms with Crippen molar-refractivity contribution < 1.29 is 0 Å². The zero-order chi connectivity index (χ0) is 6.81. The summed E-state index contributed by atoms with van der Waals surface area (Å²) in [6.45, 7) is 1.10. The van der Waals surface area contributed by atoms with Gasteiger partial charge in [-0.05, 0) is 24.5 Å². The summed E-state index contributed by atoms with van der Waals surface area (Å²) in [5.41, 5.74) is 2.79. The van der Waals surface area contributed by atoms with Gasteiger partial charge in [0, 0.05) is 12.2 Å². The summed E-state index contributed by atoms with van der Waals surface area (Å²) in [5.74, 6) is 0. The van der Waals surface area contributed by atoms with E-state index in [1.807, 2.05) is 0 Å². The molecule has 1 aliphatic carbocycles. The summed E-state index contributed by atoms with van der Waals surface area (Å²) in [6.07, 6.45) is 11.1. The molecule has 52 valence electrons. The molecule has 0 radical (unpaired) electrons. The summed E-state index contributed by atoms with van der Waals surface area (Å²) >= 11 is 0. The minimum atomic E-state index is 1.10. The van der Waals surface area contributed by atoms with E-state index in [9.17, 15) is 0 Å². The number of fused-ring (bicyclic) bond motifs is 1. The van der Waals surface area contributed by atoms with Gasteiger partial charge in [-0.3, -0.25) is 0 Å². The molecule has 2 aliphatic rings. The van der Waals surface area contributed by atoms with Gasteiger partial charge >= 0.3 is 0 Å². The molecule has 0 amide bonds. The molecule has 0 aromatic carbocycles. The van der Waals surface area contributed by atoms with Gasteiger partial charge in [-0.1, -0.05) is 18.2 Å². The van der Waals surface area contributed by atoms with E-state index in [1.165, 1.54) is 17.7 Å². The second-order valence-electron chi connectivity index (χ2n) is 2.66. The van der Waals surface area contributed by atoms with Crippen molar-refractivity contribution in [1.82, 2.24) is 5.32 Å². The third kappa shape index (κ3) is 0.878. The van der Waals surface area contributed by atoms with Crippen LogP contribution in [0.25, 0.3) is 0 Å². The minimum absolute atomic E-state index is 1.10. The third-order valence-corrected chi connectivity index (χ3v) is 1.93. The molecular weight excluding hydrogens is 122 g/mol. The summed E-state index contributed by atoms with van der Waals surface area (Å²) in [4.78, 5) is 0. The molecule has 0 bridgehead atoms. The molecule has 0 spiro atoms. The third-order valence-electron chi connectivity index (χ3n) is 1.93. The number of allylic oxidation sites excluding steroid dienone is 4. The van der Waals surface area contributed by atoms with Crippen molar-refractivity contribution in [1.29, 1.82) is 0 Å². The highest BCUT2D eigenvalue weighted by atomic mass is 14.9. The van der Waals surface area contributed by atoms with Crippen molar-refractivity contribution in [3.63, 3.8) is 0 Å². The number of nitrogens with one attached hydrogen (secondary N) is 1. The van der Waals surface area contributed by atoms with E-state index in [2.05, 4.69) is 29.6 Å². The predicted octanol–water partition coefficient (Wildman–Crippen LogP) is 1.75. The van der Waals surface area contributed by atoms with Crippen LogP contribution in [0.3, 0.4) is 0 Å². The Labute approximate surface area is 61.1 Å². The number of hydrogen-bond donors (Lipinski definition) is 1. The van der Waals surface area contributed by atoms with Crippen LogP contribution in [0.2, 0.25) is 0 Å². The van der Waals surface area contributed by atoms with Gasteiger partial charge in [0.1, 0.15) is 0 Å². The predicted molar refractivity (Wildman–Crippen MR) is 42.5 cm³/mol. The van der Waals surface area contributed by atoms with Gasteiger partial charge in [-0.25, -0.2) is 0 Å². The van der Waals surface area contributed by atoms with Crippen LogP contribution >= 0.6 is 0 Å². The number of rotatable bonds is 0. The normalized spacial score (nSPS) is 22.4. The average molecular weight is 133 g/mol. The van der Waals surface area contributed by atoms with Gasteiger partial charge < -0.3 is 5.32 Å². The smallest absolute Gasteiger partial charge is 0.0372 e. The first-order valence-corrected chi connectivity index (χ1v) is 3.77. The molecule has 1 heteroatoms. The first-order valence-electron chi connectivity index (χ1n) is 3.77. The lowest BCUT2D eigenvalue weighted by Gasteiger charge is -2.19. The van der Waals surface area contributed by atoms with Crippen molar-refractivity contribution in [3.8, 4) is 0 Å². The van der Waals surface area contributed by atoms with Crippen molar-refractivity contribution in [3.05, 3.63) is 35.6 Å². The quantitative estimate of drug-likeness (QED) is 0.531. The second kappa shape index (κ2) is 2.33. The molecule has 0 fully saturated rings. The second-order valence-corrected chi connectivity index (χ2v) is 2.66. The topological polar surface area (TPSA) is 12.0 Å². The van der Waals surface area contributed by atoms with Gasteiger partial charge in [0.05, 0.1) is 0 Å². The van der Waals surface area contributed by atoms with Gasteiger partial charge in [0.2, 0.25) is 0 Å². The molecule has 0 aromatic heterocycles. The fraction of sp³-hybridized carbons (Fsp3) is 0.333. The lowest BCUT2D eigenvalue weighted by molar-refractivity contribution is 0.763. The van der Waals surface area contributed by atoms with Crippen LogP contribution in [-0.4, -0.2) is 6.54 Å². The summed E-state index contributed by atoms with van der Waals surface area (Å²) in [7, 11) is 0. The van der Waals surface area contributed by atoms with Crippen LogP contribution < -0.4 is 5.32 Å². The molecule has 1 nitrogen and oxygen atoms in total. The molecule has 2 rings (SSSR count). The van der Waals surface area contributed by atoms with Gasteiger partial charge in [-0.15, -0.1) is 0 Å². The zero-order valence-electron chi connectivity index (χ0n) is 5.93. The fourth-order valence-electron chi connectivity index (χ4n) is 1.40. The monoisotopic (exact) mass is 133 g/mol. The Hall–Kier alpha value is -0.980. The lowest BCUT2D eigenvalue weighted by atomic mass is 10.00. The molecule has 1 heterocycles. The Morgan fingerprint density at radius 1 is 1.40 bits per heavy atom. The SMILES string of the molecule is C1=CCC2=CCCNC2=C1. The van der Waals surface area contributed by atoms with E-state index in [-0.39, 0.29) is 0 Å². The Kier molecular flexibility index (Phi) is 1.35. The number of hydrogen-bond acceptors (Lipinski definition) is 1. The van der Waals surface area contributed by atoms with E-state index >= 15 is 0 Å². The van der Waals surface area contributed by atoms with E-state index < -0.39 is 0 Å². The highest BCUT2D eigenvalue weighted by Gasteiger charge is 2.08. The van der Waals surface area contributed by atoms with E-state index in [0.29, 0.717) is 0 Å². The Balaban J connectivity index is 2.32. The van der Waals surface area contributed by atoms with Crippen molar-refractivity contribution in [2.24, 2.45) is 0 Å². The van der Waals surface area contributed by atoms with E-state index in [1.54, 1.807) is 0 Å². The fourth-order valence-corrected chi connectivity index (χ4v) is 1.40. The average Bonchev–Trinajstić information content (AvgIpc) is 2.05. The molecule has 1 aliphatic heterocycles. The van der Waals surface area contributed by atoms with Gasteiger partial charge in [0.15, 0.2) is 0 Å². The highest BCUT2D eigenvalue weighted by Crippen LogP contribution is 2.20. The Bertz CT molecular complexity index is 221. The Morgan fingerprint density at radius 2 is 2.40 bits per heavy atom. The van der Waals surface area contributed by atoms with Gasteiger partial charge in [0.25, 0.3) is 0 Å². The summed E-state index contributed by atoms with van der Waals surface area (Å²) in [5, 5.41) is 3.36. The molecule has 10 heavy (non-hydrogen) atoms. The van der Waals surface area contributed by atoms with Crippen LogP contribution in [-0.2, 0) is 0 Å². The summed E-state index contributed by atoms with van der Waals surface area (Å²) < 4.78 is 0. The minimum Gasteiger partial charge on any atom is -0.385 e. The molecule has 0 atom stereocenters. The molecule has 0 saturated heterocycles. The van der Waals surface area contributed by atoms with Crippen LogP contribution in [0, 0.1) is 0 Å². The molecule has 0 aromatic rings. The standard InChI is InChI=1S/C9H11N/c1-2-6-9-8(4-1)5-3-7-10-9/h1-2,5-6,10H,3-4,7H2. The van der Waals surface area contributed by atoms with Gasteiger partial charge in [-0.2, -0.15) is 0 Å². The maximum absolute atomic E-state index is 3.36. The largest absolute Gasteiger partial charge is 0.385 e. The van der Waals surface area contributed by atoms with Crippen molar-refractivity contribution in [2.75, 3.05) is 6.54 Å². The van der Waals surface area contributed by atoms with Crippen LogP contribution in [0.15, 0.2) is 35.6 Å². The molecule has 0 unspecified atom stereocenters. The summed E-state index contributed by atoms with van der Waals surface area (Å²) in [6, 6.07) is 0. The first-order chi connectivity index (χ1) is 4.97. The molecule has 0 saturated carbocycles. The van der Waals surface area contributed by atoms with Crippen molar-refractivity contribution in [2.45, 2.75) is 12.8 Å². The van der Waals surface area contributed by atoms with Crippen molar-refractivity contribution >= 4 is 0 Å². The first kappa shape index (κ1) is 5.78. The van der Waals surface area contributed by atoms with E-state index in [0.717, 1.165) is 13.0 Å². The molecule has 1 N–H and O–H groups in total. The van der Waals surface area contributed by atoms with Crippen LogP contribution in [0.1, 0.15) is 12.8 Å². The van der Waals surface area contributed by atoms with Crippen LogP contribution in [0.5, 0.6) is 0 Å². The molecular formula is C9H11N. The highest BCUT2D eigenvalue weighted by molar-refractivity contribution is 5.39. The lowest BCUT2D eigenvalue weighted by Crippen LogP contribution is -2.20. The maximum atomic E-state index is 3.36. The maximum Gasteiger partial charge on any atom is 0.0372 e. The van der Waals surface area contributed by atoms with E-state index in [4.69, 9.17) is 0 Å². The van der Waals surface area contributed by atoms with Crippen LogP contribution in [0.4, 0.5) is 0 Å². The Morgan fingerprint density at radius 3 is 3.30 bits per heavy atom. The zero-order valence-corrected chi connectivity index (χ0v) is 5.93.